The summed E-state index contributed by atoms with van der Waals surface area (Å²) in [5.74, 6) is 0. The molecular weight excluding hydrogens is 262 g/mol. The van der Waals surface area contributed by atoms with E-state index in [0.29, 0.717) is 0 Å². The van der Waals surface area contributed by atoms with Crippen LogP contribution in [0.4, 0.5) is 26.3 Å². The molecule has 0 fully saturated rings. The number of rotatable bonds is 0. The van der Waals surface area contributed by atoms with Gasteiger partial charge in [0.15, 0.2) is 0 Å². The first-order valence-corrected chi connectivity index (χ1v) is 3.81. The van der Waals surface area contributed by atoms with Crippen molar-refractivity contribution in [2.45, 2.75) is 12.6 Å². The Morgan fingerprint density at radius 1 is 0.800 bits per heavy atom. The van der Waals surface area contributed by atoms with Crippen molar-refractivity contribution in [1.29, 1.82) is 0 Å². The molecule has 0 aliphatic carbocycles. The second-order valence-electron chi connectivity index (χ2n) is 1.53. The van der Waals surface area contributed by atoms with Crippen LogP contribution in [0.2, 0.25) is 0 Å². The van der Waals surface area contributed by atoms with Crippen molar-refractivity contribution < 1.29 is 43.9 Å². The van der Waals surface area contributed by atoms with Crippen LogP contribution in [0, 0.1) is 0 Å². The Balaban J connectivity index is -0.000000144. The van der Waals surface area contributed by atoms with E-state index in [1.165, 1.54) is 0 Å². The minimum Gasteiger partial charge on any atom is -0.264 e. The second-order valence-corrected chi connectivity index (χ2v) is 2.43. The predicted octanol–water partition coefficient (Wildman–Crippen LogP) is 0.277. The summed E-state index contributed by atoms with van der Waals surface area (Å²) in [6.45, 7) is 0. The van der Waals surface area contributed by atoms with E-state index in [2.05, 4.69) is 11.5 Å². The van der Waals surface area contributed by atoms with E-state index in [1.807, 2.05) is 0 Å². The van der Waals surface area contributed by atoms with E-state index < -0.39 is 23.0 Å². The standard InChI is InChI=1S/2CH2F3N.H2O4S/c2*2-1(3,4)5;1-5(2,3)4/h2*5H2;(H2,1,2,3,4). The highest BCUT2D eigenvalue weighted by molar-refractivity contribution is 7.79. The first-order chi connectivity index (χ1) is 6.00. The summed E-state index contributed by atoms with van der Waals surface area (Å²) in [7, 11) is -4.67. The highest BCUT2D eigenvalue weighted by atomic mass is 32.3. The molecular formula is C2H6F6N2O4S. The Bertz CT molecular complexity index is 211. The van der Waals surface area contributed by atoms with Crippen LogP contribution in [0.5, 0.6) is 0 Å². The number of nitrogens with two attached hydrogens (primary N) is 2. The highest BCUT2D eigenvalue weighted by Gasteiger charge is 2.17. The molecule has 0 heterocycles. The van der Waals surface area contributed by atoms with Crippen molar-refractivity contribution >= 4 is 10.4 Å². The van der Waals surface area contributed by atoms with Crippen molar-refractivity contribution in [1.82, 2.24) is 0 Å². The molecule has 0 spiro atoms. The molecule has 0 unspecified atom stereocenters. The first-order valence-electron chi connectivity index (χ1n) is 2.41. The molecule has 0 radical (unpaired) electrons. The molecule has 0 aliphatic rings. The fourth-order valence-electron chi connectivity index (χ4n) is 0. The van der Waals surface area contributed by atoms with Gasteiger partial charge in [0.1, 0.15) is 0 Å². The lowest BCUT2D eigenvalue weighted by molar-refractivity contribution is -0.123. The minimum atomic E-state index is -4.67. The smallest absolute Gasteiger partial charge is 0.264 e. The van der Waals surface area contributed by atoms with Gasteiger partial charge < -0.3 is 0 Å². The topological polar surface area (TPSA) is 127 Å². The maximum Gasteiger partial charge on any atom is 0.454 e. The highest BCUT2D eigenvalue weighted by Crippen LogP contribution is 2.02. The van der Waals surface area contributed by atoms with Gasteiger partial charge in [-0.25, -0.2) is 11.5 Å². The molecule has 6 N–H and O–H groups in total. The van der Waals surface area contributed by atoms with Crippen molar-refractivity contribution in [3.8, 4) is 0 Å². The quantitative estimate of drug-likeness (QED) is 0.284. The molecule has 0 atom stereocenters. The van der Waals surface area contributed by atoms with Crippen molar-refractivity contribution in [3.63, 3.8) is 0 Å². The van der Waals surface area contributed by atoms with Crippen LogP contribution in [0.15, 0.2) is 0 Å². The molecule has 96 valence electrons. The van der Waals surface area contributed by atoms with Gasteiger partial charge in [0, 0.05) is 0 Å². The lowest BCUT2D eigenvalue weighted by atomic mass is 11.3. The first kappa shape index (κ1) is 19.9. The lowest BCUT2D eigenvalue weighted by Crippen LogP contribution is -2.20. The molecule has 0 aromatic rings. The van der Waals surface area contributed by atoms with Gasteiger partial charge in [-0.1, -0.05) is 0 Å². The van der Waals surface area contributed by atoms with E-state index in [-0.39, 0.29) is 0 Å². The minimum absolute atomic E-state index is 3.35. The van der Waals surface area contributed by atoms with E-state index >= 15 is 0 Å². The summed E-state index contributed by atoms with van der Waals surface area (Å²) in [6, 6.07) is 0. The van der Waals surface area contributed by atoms with Crippen LogP contribution < -0.4 is 11.5 Å². The van der Waals surface area contributed by atoms with Crippen LogP contribution in [0.25, 0.3) is 0 Å². The van der Waals surface area contributed by atoms with Gasteiger partial charge >= 0.3 is 23.0 Å². The van der Waals surface area contributed by atoms with Crippen LogP contribution >= 0.6 is 0 Å². The fraction of sp³-hybridized carbons (Fsp3) is 1.00. The third kappa shape index (κ3) is 4350. The Morgan fingerprint density at radius 2 is 0.800 bits per heavy atom. The zero-order valence-corrected chi connectivity index (χ0v) is 7.36. The number of hydrogen-bond acceptors (Lipinski definition) is 4. The van der Waals surface area contributed by atoms with Gasteiger partial charge in [-0.3, -0.25) is 9.11 Å². The Morgan fingerprint density at radius 3 is 0.800 bits per heavy atom. The molecule has 15 heavy (non-hydrogen) atoms. The number of alkyl halides is 6. The van der Waals surface area contributed by atoms with Gasteiger partial charge in [-0.15, -0.1) is 0 Å². The fourth-order valence-corrected chi connectivity index (χ4v) is 0. The summed E-state index contributed by atoms with van der Waals surface area (Å²) in [4.78, 5) is 0. The molecule has 0 aliphatic heterocycles. The summed E-state index contributed by atoms with van der Waals surface area (Å²) in [5, 5.41) is 0. The average molecular weight is 268 g/mol. The van der Waals surface area contributed by atoms with E-state index in [1.54, 1.807) is 0 Å². The molecule has 0 saturated heterocycles. The second kappa shape index (κ2) is 6.78. The largest absolute Gasteiger partial charge is 0.454 e. The number of halogens is 6. The Labute approximate surface area is 79.4 Å². The van der Waals surface area contributed by atoms with Crippen LogP contribution in [-0.4, -0.2) is 30.1 Å². The number of hydrogen-bond donors (Lipinski definition) is 4. The summed E-state index contributed by atoms with van der Waals surface area (Å²) < 4.78 is 92.4. The van der Waals surface area contributed by atoms with Gasteiger partial charge in [-0.2, -0.15) is 34.8 Å². The van der Waals surface area contributed by atoms with Gasteiger partial charge in [0.05, 0.1) is 0 Å². The Hall–Kier alpha value is -0.630. The van der Waals surface area contributed by atoms with Gasteiger partial charge in [-0.05, 0) is 0 Å². The summed E-state index contributed by atoms with van der Waals surface area (Å²) in [6.07, 6.45) is -9.00. The van der Waals surface area contributed by atoms with E-state index in [9.17, 15) is 26.3 Å². The summed E-state index contributed by atoms with van der Waals surface area (Å²) >= 11 is 0. The maximum atomic E-state index is 10.1. The third-order valence-corrected chi connectivity index (χ3v) is 0. The zero-order chi connectivity index (χ0) is 13.5. The molecule has 0 bridgehead atoms. The molecule has 0 saturated carbocycles. The molecule has 6 nitrogen and oxygen atoms in total. The molecule has 0 amide bonds. The van der Waals surface area contributed by atoms with Crippen LogP contribution in [0.3, 0.4) is 0 Å². The van der Waals surface area contributed by atoms with Crippen molar-refractivity contribution in [3.05, 3.63) is 0 Å². The molecule has 0 aromatic heterocycles. The molecule has 0 aromatic carbocycles. The normalized spacial score (nSPS) is 11.9. The van der Waals surface area contributed by atoms with E-state index in [4.69, 9.17) is 17.5 Å². The Kier molecular flexibility index (Phi) is 8.98. The van der Waals surface area contributed by atoms with Crippen LogP contribution in [-0.2, 0) is 10.4 Å². The van der Waals surface area contributed by atoms with Gasteiger partial charge in [0.25, 0.3) is 0 Å². The van der Waals surface area contributed by atoms with E-state index in [0.717, 1.165) is 0 Å². The van der Waals surface area contributed by atoms with Crippen molar-refractivity contribution in [2.24, 2.45) is 11.5 Å². The van der Waals surface area contributed by atoms with Gasteiger partial charge in [0.2, 0.25) is 0 Å². The predicted molar refractivity (Wildman–Crippen MR) is 34.7 cm³/mol. The average Bonchev–Trinajstić information content (AvgIpc) is 1.41. The third-order valence-electron chi connectivity index (χ3n) is 0. The zero-order valence-electron chi connectivity index (χ0n) is 6.54. The molecule has 13 heteroatoms. The summed E-state index contributed by atoms with van der Waals surface area (Å²) in [5.41, 5.74) is 6.71. The van der Waals surface area contributed by atoms with Crippen LogP contribution in [0.1, 0.15) is 0 Å². The monoisotopic (exact) mass is 268 g/mol. The lowest BCUT2D eigenvalue weighted by Gasteiger charge is -1.89. The maximum absolute atomic E-state index is 10.1. The molecule has 0 rings (SSSR count). The SMILES string of the molecule is NC(F)(F)F.NC(F)(F)F.O=S(=O)(O)O. The van der Waals surface area contributed by atoms with Crippen molar-refractivity contribution in [2.75, 3.05) is 0 Å².